The Morgan fingerprint density at radius 1 is 1.50 bits per heavy atom. The molecule has 0 spiro atoms. The maximum Gasteiger partial charge on any atom is 0.253 e. The van der Waals surface area contributed by atoms with E-state index in [1.54, 1.807) is 10.7 Å². The molecule has 6 nitrogen and oxygen atoms in total. The van der Waals surface area contributed by atoms with E-state index < -0.39 is 0 Å². The van der Waals surface area contributed by atoms with E-state index in [-0.39, 0.29) is 18.4 Å². The molecule has 106 valence electrons. The van der Waals surface area contributed by atoms with E-state index in [1.165, 1.54) is 0 Å². The lowest BCUT2D eigenvalue weighted by Crippen LogP contribution is -2.40. The fraction of sp³-hybridized carbons (Fsp3) is 0.500. The van der Waals surface area contributed by atoms with Crippen LogP contribution in [0.1, 0.15) is 23.2 Å². The predicted molar refractivity (Wildman–Crippen MR) is 74.2 cm³/mol. The molecule has 1 aromatic heterocycles. The first-order valence-electron chi connectivity index (χ1n) is 6.88. The zero-order valence-electron chi connectivity index (χ0n) is 11.5. The highest BCUT2D eigenvalue weighted by molar-refractivity contribution is 5.97. The molecule has 2 heterocycles. The number of likely N-dealkylation sites (tertiary alicyclic amines) is 1. The van der Waals surface area contributed by atoms with E-state index in [2.05, 4.69) is 10.3 Å². The number of nitrogens with zero attached hydrogens (tertiary/aromatic N) is 4. The fourth-order valence-corrected chi connectivity index (χ4v) is 2.75. The number of amides is 1. The number of fused-ring (bicyclic) bond motifs is 1. The van der Waals surface area contributed by atoms with E-state index in [9.17, 15) is 9.90 Å². The Hall–Kier alpha value is -1.95. The first-order valence-corrected chi connectivity index (χ1v) is 6.88. The molecule has 2 aromatic rings. The maximum atomic E-state index is 12.5. The highest BCUT2D eigenvalue weighted by Gasteiger charge is 2.24. The second-order valence-electron chi connectivity index (χ2n) is 5.36. The van der Waals surface area contributed by atoms with Gasteiger partial charge in [0.2, 0.25) is 0 Å². The monoisotopic (exact) mass is 274 g/mol. The molecule has 1 amide bonds. The summed E-state index contributed by atoms with van der Waals surface area (Å²) in [5.74, 6) is 0.212. The van der Waals surface area contributed by atoms with Crippen LogP contribution in [0.15, 0.2) is 18.2 Å². The molecule has 0 aliphatic carbocycles. The van der Waals surface area contributed by atoms with E-state index in [4.69, 9.17) is 0 Å². The van der Waals surface area contributed by atoms with Crippen molar-refractivity contribution in [3.63, 3.8) is 0 Å². The first-order chi connectivity index (χ1) is 9.69. The van der Waals surface area contributed by atoms with Gasteiger partial charge >= 0.3 is 0 Å². The Labute approximate surface area is 117 Å². The van der Waals surface area contributed by atoms with Crippen molar-refractivity contribution in [2.45, 2.75) is 12.8 Å². The smallest absolute Gasteiger partial charge is 0.253 e. The Morgan fingerprint density at radius 3 is 3.15 bits per heavy atom. The Bertz CT molecular complexity index is 637. The van der Waals surface area contributed by atoms with Crippen LogP contribution in [0, 0.1) is 5.92 Å². The first kappa shape index (κ1) is 13.1. The molecule has 0 radical (unpaired) electrons. The summed E-state index contributed by atoms with van der Waals surface area (Å²) in [5, 5.41) is 17.2. The summed E-state index contributed by atoms with van der Waals surface area (Å²) in [5.41, 5.74) is 2.28. The van der Waals surface area contributed by atoms with E-state index in [0.29, 0.717) is 12.1 Å². The largest absolute Gasteiger partial charge is 0.396 e. The molecule has 1 N–H and O–H groups in total. The van der Waals surface area contributed by atoms with Gasteiger partial charge in [-0.05, 0) is 37.0 Å². The molecule has 3 rings (SSSR count). The van der Waals surface area contributed by atoms with Crippen LogP contribution in [0.3, 0.4) is 0 Å². The van der Waals surface area contributed by atoms with Crippen LogP contribution in [-0.2, 0) is 7.05 Å². The summed E-state index contributed by atoms with van der Waals surface area (Å²) in [6.45, 7) is 1.54. The zero-order chi connectivity index (χ0) is 14.1. The van der Waals surface area contributed by atoms with Crippen molar-refractivity contribution in [2.75, 3.05) is 19.7 Å². The van der Waals surface area contributed by atoms with Crippen LogP contribution in [0.4, 0.5) is 0 Å². The number of hydrogen-bond donors (Lipinski definition) is 1. The summed E-state index contributed by atoms with van der Waals surface area (Å²) in [6.07, 6.45) is 1.94. The maximum absolute atomic E-state index is 12.5. The molecule has 1 saturated heterocycles. The van der Waals surface area contributed by atoms with Gasteiger partial charge in [-0.15, -0.1) is 5.10 Å². The molecule has 1 aliphatic rings. The number of hydrogen-bond acceptors (Lipinski definition) is 4. The summed E-state index contributed by atoms with van der Waals surface area (Å²) >= 11 is 0. The van der Waals surface area contributed by atoms with E-state index in [0.717, 1.165) is 30.4 Å². The number of aromatic nitrogens is 3. The van der Waals surface area contributed by atoms with Crippen molar-refractivity contribution < 1.29 is 9.90 Å². The zero-order valence-corrected chi connectivity index (χ0v) is 11.5. The van der Waals surface area contributed by atoms with Gasteiger partial charge in [0.05, 0.1) is 5.52 Å². The molecular weight excluding hydrogens is 256 g/mol. The van der Waals surface area contributed by atoms with Crippen molar-refractivity contribution in [3.8, 4) is 0 Å². The third-order valence-electron chi connectivity index (χ3n) is 3.92. The van der Waals surface area contributed by atoms with Gasteiger partial charge in [0, 0.05) is 32.3 Å². The minimum Gasteiger partial charge on any atom is -0.396 e. The number of rotatable bonds is 2. The average molecular weight is 274 g/mol. The van der Waals surface area contributed by atoms with Crippen molar-refractivity contribution in [1.82, 2.24) is 19.9 Å². The number of benzene rings is 1. The Balaban J connectivity index is 1.84. The highest BCUT2D eigenvalue weighted by atomic mass is 16.3. The number of piperidine rings is 1. The van der Waals surface area contributed by atoms with Gasteiger partial charge in [-0.2, -0.15) is 0 Å². The summed E-state index contributed by atoms with van der Waals surface area (Å²) < 4.78 is 1.69. The molecule has 0 bridgehead atoms. The number of aryl methyl sites for hydroxylation is 1. The van der Waals surface area contributed by atoms with Gasteiger partial charge in [-0.1, -0.05) is 5.21 Å². The number of carbonyl (C=O) groups excluding carboxylic acids is 1. The summed E-state index contributed by atoms with van der Waals surface area (Å²) in [7, 11) is 1.83. The lowest BCUT2D eigenvalue weighted by molar-refractivity contribution is 0.0621. The third-order valence-corrected chi connectivity index (χ3v) is 3.92. The lowest BCUT2D eigenvalue weighted by Gasteiger charge is -2.31. The molecule has 1 atom stereocenters. The SMILES string of the molecule is Cn1nnc2cc(C(=O)N3CCCC(CO)C3)ccc21. The molecule has 1 fully saturated rings. The molecule has 20 heavy (non-hydrogen) atoms. The molecule has 6 heteroatoms. The van der Waals surface area contributed by atoms with Crippen LogP contribution < -0.4 is 0 Å². The molecule has 1 aromatic carbocycles. The van der Waals surface area contributed by atoms with Crippen molar-refractivity contribution in [3.05, 3.63) is 23.8 Å². The molecular formula is C14H18N4O2. The molecule has 0 saturated carbocycles. The summed E-state index contributed by atoms with van der Waals surface area (Å²) in [6, 6.07) is 5.47. The van der Waals surface area contributed by atoms with Crippen LogP contribution in [0.25, 0.3) is 11.0 Å². The Kier molecular flexibility index (Phi) is 3.40. The van der Waals surface area contributed by atoms with Gasteiger partial charge in [0.1, 0.15) is 5.52 Å². The van der Waals surface area contributed by atoms with E-state index in [1.807, 2.05) is 24.1 Å². The minimum atomic E-state index is 0.00991. The van der Waals surface area contributed by atoms with Crippen molar-refractivity contribution >= 4 is 16.9 Å². The second-order valence-corrected chi connectivity index (χ2v) is 5.36. The van der Waals surface area contributed by atoms with Crippen LogP contribution in [0.5, 0.6) is 0 Å². The van der Waals surface area contributed by atoms with Gasteiger partial charge in [0.15, 0.2) is 0 Å². The van der Waals surface area contributed by atoms with Gasteiger partial charge in [-0.25, -0.2) is 4.68 Å². The topological polar surface area (TPSA) is 71.2 Å². The van der Waals surface area contributed by atoms with E-state index >= 15 is 0 Å². The highest BCUT2D eigenvalue weighted by Crippen LogP contribution is 2.20. The van der Waals surface area contributed by atoms with Crippen molar-refractivity contribution in [2.24, 2.45) is 13.0 Å². The van der Waals surface area contributed by atoms with Crippen LogP contribution >= 0.6 is 0 Å². The normalized spacial score (nSPS) is 19.5. The number of aliphatic hydroxyl groups excluding tert-OH is 1. The Morgan fingerprint density at radius 2 is 2.35 bits per heavy atom. The minimum absolute atomic E-state index is 0.00991. The number of aliphatic hydroxyl groups is 1. The summed E-state index contributed by atoms with van der Waals surface area (Å²) in [4.78, 5) is 14.3. The van der Waals surface area contributed by atoms with Crippen molar-refractivity contribution in [1.29, 1.82) is 0 Å². The van der Waals surface area contributed by atoms with Gasteiger partial charge in [-0.3, -0.25) is 4.79 Å². The van der Waals surface area contributed by atoms with Gasteiger partial charge < -0.3 is 10.0 Å². The standard InChI is InChI=1S/C14H18N4O2/c1-17-13-5-4-11(7-12(13)15-16-17)14(20)18-6-2-3-10(8-18)9-19/h4-5,7,10,19H,2-3,6,8-9H2,1H3. The third kappa shape index (κ3) is 2.27. The van der Waals surface area contributed by atoms with Gasteiger partial charge in [0.25, 0.3) is 5.91 Å². The van der Waals surface area contributed by atoms with Crippen LogP contribution in [-0.4, -0.2) is 50.6 Å². The quantitative estimate of drug-likeness (QED) is 0.880. The molecule has 1 unspecified atom stereocenters. The fourth-order valence-electron chi connectivity index (χ4n) is 2.75. The second kappa shape index (κ2) is 5.20. The van der Waals surface area contributed by atoms with Crippen LogP contribution in [0.2, 0.25) is 0 Å². The molecule has 1 aliphatic heterocycles. The average Bonchev–Trinajstić information content (AvgIpc) is 2.87. The predicted octanol–water partition coefficient (Wildman–Crippen LogP) is 0.813. The number of carbonyl (C=O) groups is 1. The lowest BCUT2D eigenvalue weighted by atomic mass is 9.98.